The molecule has 3 aromatic rings. The topological polar surface area (TPSA) is 114 Å². The summed E-state index contributed by atoms with van der Waals surface area (Å²) in [5, 5.41) is 13.7. The summed E-state index contributed by atoms with van der Waals surface area (Å²) in [6.07, 6.45) is -4.52. The number of nitrogens with two attached hydrogens (primary N) is 1. The average Bonchev–Trinajstić information content (AvgIpc) is 3.29. The predicted molar refractivity (Wildman–Crippen MR) is 130 cm³/mol. The molecule has 2 aliphatic heterocycles. The van der Waals surface area contributed by atoms with Crippen LogP contribution in [0.5, 0.6) is 5.75 Å². The van der Waals surface area contributed by atoms with Crippen LogP contribution in [0.2, 0.25) is 0 Å². The second-order valence-electron chi connectivity index (χ2n) is 9.02. The Balaban J connectivity index is 1.77. The van der Waals surface area contributed by atoms with Crippen molar-refractivity contribution in [1.29, 1.82) is 0 Å². The molecule has 194 valence electrons. The number of methoxy groups -OCH3 is 1. The molecule has 2 aliphatic rings. The van der Waals surface area contributed by atoms with Crippen LogP contribution in [0.4, 0.5) is 29.3 Å². The van der Waals surface area contributed by atoms with Crippen molar-refractivity contribution in [3.8, 4) is 22.7 Å². The maximum Gasteiger partial charge on any atom is 0.418 e. The molecule has 2 amide bonds. The maximum atomic E-state index is 14.1. The van der Waals surface area contributed by atoms with Crippen molar-refractivity contribution in [1.82, 2.24) is 9.78 Å². The van der Waals surface area contributed by atoms with Gasteiger partial charge in [-0.05, 0) is 36.8 Å². The molecule has 37 heavy (non-hydrogen) atoms. The Labute approximate surface area is 209 Å². The monoisotopic (exact) mass is 515 g/mol. The number of primary amides is 1. The summed E-state index contributed by atoms with van der Waals surface area (Å²) < 4.78 is 48.3. The van der Waals surface area contributed by atoms with Crippen LogP contribution in [0.25, 0.3) is 16.9 Å². The Hall–Kier alpha value is -4.06. The first-order valence-electron chi connectivity index (χ1n) is 11.6. The number of urea groups is 1. The van der Waals surface area contributed by atoms with Crippen molar-refractivity contribution >= 4 is 17.4 Å². The van der Waals surface area contributed by atoms with E-state index in [1.807, 2.05) is 4.90 Å². The van der Waals surface area contributed by atoms with E-state index >= 15 is 0 Å². The summed E-state index contributed by atoms with van der Waals surface area (Å²) in [7, 11) is 1.48. The molecule has 0 radical (unpaired) electrons. The fourth-order valence-corrected chi connectivity index (χ4v) is 4.81. The summed E-state index contributed by atoms with van der Waals surface area (Å²) >= 11 is 0. The number of hydrogen-bond donors (Lipinski definition) is 2. The van der Waals surface area contributed by atoms with Gasteiger partial charge < -0.3 is 20.5 Å². The molecule has 1 saturated heterocycles. The maximum absolute atomic E-state index is 14.1. The van der Waals surface area contributed by atoms with Crippen LogP contribution in [0, 0.1) is 5.92 Å². The quantitative estimate of drug-likeness (QED) is 0.540. The van der Waals surface area contributed by atoms with Gasteiger partial charge in [-0.25, -0.2) is 4.79 Å². The van der Waals surface area contributed by atoms with Crippen molar-refractivity contribution in [2.45, 2.75) is 12.6 Å². The Morgan fingerprint density at radius 3 is 2.62 bits per heavy atom. The highest BCUT2D eigenvalue weighted by molar-refractivity contribution is 5.94. The van der Waals surface area contributed by atoms with Crippen molar-refractivity contribution in [3.63, 3.8) is 0 Å². The number of halogens is 3. The lowest BCUT2D eigenvalue weighted by Crippen LogP contribution is -2.48. The SMILES string of the molecule is COc1cccc(-c2nn(-c3cc(N4CC(CO)C4)ccc3C(F)(F)F)c(=O)c3c2CCN3C(N)=O)c1. The highest BCUT2D eigenvalue weighted by atomic mass is 19.4. The number of aromatic nitrogens is 2. The number of anilines is 2. The van der Waals surface area contributed by atoms with Crippen molar-refractivity contribution in [2.24, 2.45) is 11.7 Å². The van der Waals surface area contributed by atoms with Crippen molar-refractivity contribution < 1.29 is 27.8 Å². The summed E-state index contributed by atoms with van der Waals surface area (Å²) in [5.41, 5.74) is 4.66. The van der Waals surface area contributed by atoms with E-state index in [9.17, 15) is 27.9 Å². The zero-order valence-electron chi connectivity index (χ0n) is 19.8. The molecule has 1 fully saturated rings. The largest absolute Gasteiger partial charge is 0.497 e. The van der Waals surface area contributed by atoms with Gasteiger partial charge >= 0.3 is 12.2 Å². The first-order chi connectivity index (χ1) is 17.6. The van der Waals surface area contributed by atoms with E-state index in [4.69, 9.17) is 10.5 Å². The lowest BCUT2D eigenvalue weighted by Gasteiger charge is -2.40. The van der Waals surface area contributed by atoms with Crippen LogP contribution in [0.1, 0.15) is 11.1 Å². The zero-order valence-corrected chi connectivity index (χ0v) is 19.8. The van der Waals surface area contributed by atoms with Crippen molar-refractivity contribution in [3.05, 3.63) is 63.9 Å². The van der Waals surface area contributed by atoms with E-state index in [-0.39, 0.29) is 36.9 Å². The highest BCUT2D eigenvalue weighted by Crippen LogP contribution is 2.39. The third-order valence-corrected chi connectivity index (χ3v) is 6.73. The second-order valence-corrected chi connectivity index (χ2v) is 9.02. The van der Waals surface area contributed by atoms with E-state index in [0.29, 0.717) is 40.3 Å². The van der Waals surface area contributed by atoms with Gasteiger partial charge in [-0.15, -0.1) is 0 Å². The van der Waals surface area contributed by atoms with Crippen LogP contribution in [-0.2, 0) is 12.6 Å². The predicted octanol–water partition coefficient (Wildman–Crippen LogP) is 2.80. The molecule has 0 atom stereocenters. The minimum Gasteiger partial charge on any atom is -0.497 e. The number of alkyl halides is 3. The van der Waals surface area contributed by atoms with Gasteiger partial charge in [-0.3, -0.25) is 9.69 Å². The number of hydrogen-bond acceptors (Lipinski definition) is 6. The van der Waals surface area contributed by atoms with Gasteiger partial charge in [0, 0.05) is 49.0 Å². The molecule has 2 aromatic carbocycles. The number of aliphatic hydroxyl groups excluding tert-OH is 1. The van der Waals surface area contributed by atoms with E-state index in [1.165, 1.54) is 19.2 Å². The van der Waals surface area contributed by atoms with Gasteiger partial charge in [0.1, 0.15) is 11.4 Å². The van der Waals surface area contributed by atoms with Gasteiger partial charge in [0.2, 0.25) is 0 Å². The van der Waals surface area contributed by atoms with Gasteiger partial charge in [0.25, 0.3) is 5.56 Å². The molecular formula is C25H24F3N5O4. The summed E-state index contributed by atoms with van der Waals surface area (Å²) in [4.78, 5) is 28.7. The molecule has 0 unspecified atom stereocenters. The Kier molecular flexibility index (Phi) is 6.06. The van der Waals surface area contributed by atoms with E-state index in [1.54, 1.807) is 24.3 Å². The molecule has 0 spiro atoms. The standard InChI is InChI=1S/C25H24F3N5O4/c1-37-17-4-2-3-15(9-17)21-18-7-8-32(24(29)36)22(18)23(35)33(30-21)20-10-16(31-11-14(12-31)13-34)5-6-19(20)25(26,27)28/h2-6,9-10,14,34H,7-8,11-13H2,1H3,(H2,29,36). The van der Waals surface area contributed by atoms with E-state index in [0.717, 1.165) is 11.0 Å². The lowest BCUT2D eigenvalue weighted by molar-refractivity contribution is -0.137. The minimum atomic E-state index is -4.78. The lowest BCUT2D eigenvalue weighted by atomic mass is 9.99. The molecule has 3 N–H and O–H groups in total. The van der Waals surface area contributed by atoms with E-state index < -0.39 is 29.0 Å². The number of aliphatic hydroxyl groups is 1. The molecular weight excluding hydrogens is 491 g/mol. The fourth-order valence-electron chi connectivity index (χ4n) is 4.81. The van der Waals surface area contributed by atoms with Crippen molar-refractivity contribution in [2.75, 3.05) is 43.2 Å². The van der Waals surface area contributed by atoms with Crippen LogP contribution < -0.4 is 25.8 Å². The number of carbonyl (C=O) groups excluding carboxylic acids is 1. The van der Waals surface area contributed by atoms with Crippen LogP contribution in [-0.4, -0.2) is 54.3 Å². The third-order valence-electron chi connectivity index (χ3n) is 6.73. The summed E-state index contributed by atoms with van der Waals surface area (Å²) in [6, 6.07) is 9.37. The summed E-state index contributed by atoms with van der Waals surface area (Å²) in [5.74, 6) is 0.514. The first kappa shape index (κ1) is 24.6. The first-order valence-corrected chi connectivity index (χ1v) is 11.6. The molecule has 9 nitrogen and oxygen atoms in total. The fraction of sp³-hybridized carbons (Fsp3) is 0.320. The molecule has 5 rings (SSSR count). The number of amides is 2. The second kappa shape index (κ2) is 9.11. The number of carbonyl (C=O) groups is 1. The molecule has 12 heteroatoms. The zero-order chi connectivity index (χ0) is 26.5. The molecule has 0 aliphatic carbocycles. The average molecular weight is 515 g/mol. The number of ether oxygens (including phenoxy) is 1. The van der Waals surface area contributed by atoms with Gasteiger partial charge in [-0.1, -0.05) is 12.1 Å². The summed E-state index contributed by atoms with van der Waals surface area (Å²) in [6.45, 7) is 1.02. The smallest absolute Gasteiger partial charge is 0.418 e. The van der Waals surface area contributed by atoms with Gasteiger partial charge in [-0.2, -0.15) is 23.0 Å². The van der Waals surface area contributed by atoms with Crippen LogP contribution in [0.15, 0.2) is 47.3 Å². The Morgan fingerprint density at radius 2 is 1.97 bits per heavy atom. The molecule has 3 heterocycles. The number of rotatable bonds is 5. The normalized spacial score (nSPS) is 15.5. The molecule has 1 aromatic heterocycles. The van der Waals surface area contributed by atoms with E-state index in [2.05, 4.69) is 5.10 Å². The number of nitrogens with zero attached hydrogens (tertiary/aromatic N) is 4. The number of fused-ring (bicyclic) bond motifs is 1. The molecule has 0 bridgehead atoms. The van der Waals surface area contributed by atoms with Crippen LogP contribution in [0.3, 0.4) is 0 Å². The van der Waals surface area contributed by atoms with Gasteiger partial charge in [0.05, 0.1) is 24.1 Å². The minimum absolute atomic E-state index is 0.0235. The Bertz CT molecular complexity index is 1430. The molecule has 0 saturated carbocycles. The van der Waals surface area contributed by atoms with Crippen LogP contribution >= 0.6 is 0 Å². The van der Waals surface area contributed by atoms with Gasteiger partial charge in [0.15, 0.2) is 0 Å². The number of benzene rings is 2. The third kappa shape index (κ3) is 4.26. The highest BCUT2D eigenvalue weighted by Gasteiger charge is 2.38. The Morgan fingerprint density at radius 1 is 1.22 bits per heavy atom.